The molecule has 6 heteroatoms. The van der Waals surface area contributed by atoms with Crippen LogP contribution in [0.3, 0.4) is 0 Å². The number of hydrogen-bond donors (Lipinski definition) is 1. The van der Waals surface area contributed by atoms with Gasteiger partial charge in [0.15, 0.2) is 5.82 Å². The Balaban J connectivity index is 2.31. The second-order valence-corrected chi connectivity index (χ2v) is 4.46. The summed E-state index contributed by atoms with van der Waals surface area (Å²) in [4.78, 5) is 8.42. The minimum Gasteiger partial charge on any atom is -0.382 e. The van der Waals surface area contributed by atoms with Gasteiger partial charge in [0.25, 0.3) is 5.89 Å². The summed E-state index contributed by atoms with van der Waals surface area (Å²) >= 11 is 0. The van der Waals surface area contributed by atoms with Crippen LogP contribution in [0.25, 0.3) is 11.5 Å². The lowest BCUT2D eigenvalue weighted by molar-refractivity contribution is 0.135. The molecule has 6 nitrogen and oxygen atoms in total. The van der Waals surface area contributed by atoms with Crippen molar-refractivity contribution in [1.82, 2.24) is 15.1 Å². The smallest absolute Gasteiger partial charge is 0.258 e. The average molecular weight is 248 g/mol. The van der Waals surface area contributed by atoms with Crippen LogP contribution in [0.4, 0.5) is 0 Å². The van der Waals surface area contributed by atoms with Gasteiger partial charge in [0.1, 0.15) is 5.54 Å². The van der Waals surface area contributed by atoms with E-state index in [0.29, 0.717) is 18.3 Å². The Morgan fingerprint density at radius 2 is 2.28 bits per heavy atom. The molecule has 0 aromatic carbocycles. The molecular weight excluding hydrogens is 232 g/mol. The van der Waals surface area contributed by atoms with Gasteiger partial charge in [-0.15, -0.1) is 0 Å². The highest BCUT2D eigenvalue weighted by atomic mass is 16.5. The summed E-state index contributed by atoms with van der Waals surface area (Å²) in [5, 5.41) is 3.90. The molecule has 2 heterocycles. The fraction of sp³-hybridized carbons (Fsp3) is 0.417. The molecule has 2 rings (SSSR count). The average Bonchev–Trinajstić information content (AvgIpc) is 2.78. The molecule has 0 spiro atoms. The van der Waals surface area contributed by atoms with E-state index >= 15 is 0 Å². The summed E-state index contributed by atoms with van der Waals surface area (Å²) in [5.74, 6) is 0.858. The van der Waals surface area contributed by atoms with E-state index in [0.717, 1.165) is 11.3 Å². The van der Waals surface area contributed by atoms with E-state index in [1.807, 2.05) is 19.1 Å². The minimum atomic E-state index is -0.765. The molecule has 18 heavy (non-hydrogen) atoms. The van der Waals surface area contributed by atoms with Gasteiger partial charge < -0.3 is 15.0 Å². The molecule has 2 N–H and O–H groups in total. The first-order valence-electron chi connectivity index (χ1n) is 5.58. The lowest BCUT2D eigenvalue weighted by atomic mass is 10.1. The summed E-state index contributed by atoms with van der Waals surface area (Å²) in [6.07, 6.45) is 1.70. The molecule has 96 valence electrons. The number of aromatic nitrogens is 3. The number of nitrogens with two attached hydrogens (primary N) is 1. The van der Waals surface area contributed by atoms with Crippen molar-refractivity contribution in [3.63, 3.8) is 0 Å². The molecular formula is C12H16N4O2. The number of aryl methyl sites for hydroxylation is 1. The minimum absolute atomic E-state index is 0.321. The highest BCUT2D eigenvalue weighted by Crippen LogP contribution is 2.21. The molecule has 0 fully saturated rings. The zero-order chi connectivity index (χ0) is 13.2. The quantitative estimate of drug-likeness (QED) is 0.876. The molecule has 0 aliphatic heterocycles. The highest BCUT2D eigenvalue weighted by molar-refractivity contribution is 5.52. The maximum Gasteiger partial charge on any atom is 0.258 e. The van der Waals surface area contributed by atoms with Gasteiger partial charge in [-0.05, 0) is 26.0 Å². The fourth-order valence-corrected chi connectivity index (χ4v) is 1.62. The van der Waals surface area contributed by atoms with E-state index in [9.17, 15) is 0 Å². The van der Waals surface area contributed by atoms with Crippen LogP contribution in [0.2, 0.25) is 0 Å². The molecule has 0 aliphatic rings. The molecule has 0 radical (unpaired) electrons. The van der Waals surface area contributed by atoms with E-state index in [2.05, 4.69) is 15.1 Å². The zero-order valence-corrected chi connectivity index (χ0v) is 10.7. The number of rotatable bonds is 4. The van der Waals surface area contributed by atoms with E-state index in [-0.39, 0.29) is 0 Å². The molecule has 2 aromatic heterocycles. The normalized spacial score (nSPS) is 14.4. The van der Waals surface area contributed by atoms with Crippen LogP contribution in [0.1, 0.15) is 18.4 Å². The molecule has 0 aliphatic carbocycles. The van der Waals surface area contributed by atoms with Crippen molar-refractivity contribution in [2.45, 2.75) is 19.4 Å². The van der Waals surface area contributed by atoms with Crippen LogP contribution >= 0.6 is 0 Å². The van der Waals surface area contributed by atoms with E-state index < -0.39 is 5.54 Å². The summed E-state index contributed by atoms with van der Waals surface area (Å²) < 4.78 is 10.3. The molecule has 2 aromatic rings. The van der Waals surface area contributed by atoms with Crippen LogP contribution in [0, 0.1) is 6.92 Å². The van der Waals surface area contributed by atoms with Crippen LogP contribution in [-0.2, 0) is 10.3 Å². The van der Waals surface area contributed by atoms with Crippen molar-refractivity contribution < 1.29 is 9.26 Å². The predicted octanol–water partition coefficient (Wildman–Crippen LogP) is 1.26. The third kappa shape index (κ3) is 2.55. The van der Waals surface area contributed by atoms with Gasteiger partial charge in [0, 0.05) is 24.6 Å². The maximum atomic E-state index is 6.05. The third-order valence-electron chi connectivity index (χ3n) is 2.52. The van der Waals surface area contributed by atoms with E-state index in [4.69, 9.17) is 15.0 Å². The Morgan fingerprint density at radius 1 is 1.50 bits per heavy atom. The Bertz CT molecular complexity index is 536. The number of hydrogen-bond acceptors (Lipinski definition) is 6. The first-order valence-corrected chi connectivity index (χ1v) is 5.58. The zero-order valence-electron chi connectivity index (χ0n) is 10.7. The second-order valence-electron chi connectivity index (χ2n) is 4.46. The molecule has 0 saturated heterocycles. The van der Waals surface area contributed by atoms with Crippen LogP contribution in [-0.4, -0.2) is 28.8 Å². The molecule has 0 saturated carbocycles. The van der Waals surface area contributed by atoms with Gasteiger partial charge in [-0.3, -0.25) is 4.98 Å². The Hall–Kier alpha value is -1.79. The van der Waals surface area contributed by atoms with Crippen LogP contribution in [0.5, 0.6) is 0 Å². The SMILES string of the molecule is COCC(C)(N)c1noc(-c2ccnc(C)c2)n1. The Labute approximate surface area is 105 Å². The van der Waals surface area contributed by atoms with Crippen molar-refractivity contribution in [3.8, 4) is 11.5 Å². The van der Waals surface area contributed by atoms with Gasteiger partial charge in [0.2, 0.25) is 0 Å². The topological polar surface area (TPSA) is 87.1 Å². The van der Waals surface area contributed by atoms with Crippen molar-refractivity contribution in [1.29, 1.82) is 0 Å². The Morgan fingerprint density at radius 3 is 2.94 bits per heavy atom. The van der Waals surface area contributed by atoms with Crippen molar-refractivity contribution >= 4 is 0 Å². The largest absolute Gasteiger partial charge is 0.382 e. The van der Waals surface area contributed by atoms with Gasteiger partial charge >= 0.3 is 0 Å². The highest BCUT2D eigenvalue weighted by Gasteiger charge is 2.27. The summed E-state index contributed by atoms with van der Waals surface area (Å²) in [6.45, 7) is 4.02. The number of pyridine rings is 1. The molecule has 0 amide bonds. The molecule has 1 atom stereocenters. The first kappa shape index (κ1) is 12.7. The number of nitrogens with zero attached hydrogens (tertiary/aromatic N) is 3. The number of methoxy groups -OCH3 is 1. The molecule has 1 unspecified atom stereocenters. The number of ether oxygens (including phenoxy) is 1. The fourth-order valence-electron chi connectivity index (χ4n) is 1.62. The van der Waals surface area contributed by atoms with Crippen molar-refractivity contribution in [2.24, 2.45) is 5.73 Å². The summed E-state index contributed by atoms with van der Waals surface area (Å²) in [6, 6.07) is 3.69. The van der Waals surface area contributed by atoms with Crippen molar-refractivity contribution in [2.75, 3.05) is 13.7 Å². The maximum absolute atomic E-state index is 6.05. The second kappa shape index (κ2) is 4.83. The van der Waals surface area contributed by atoms with Gasteiger partial charge in [0.05, 0.1) is 6.61 Å². The summed E-state index contributed by atoms with van der Waals surface area (Å²) in [5.41, 5.74) is 7.00. The van der Waals surface area contributed by atoms with Crippen LogP contribution in [0.15, 0.2) is 22.9 Å². The third-order valence-corrected chi connectivity index (χ3v) is 2.52. The van der Waals surface area contributed by atoms with Crippen LogP contribution < -0.4 is 5.73 Å². The van der Waals surface area contributed by atoms with E-state index in [1.165, 1.54) is 0 Å². The standard InChI is InChI=1S/C12H16N4O2/c1-8-6-9(4-5-14-8)10-15-11(16-18-10)12(2,13)7-17-3/h4-6H,7,13H2,1-3H3. The molecule has 0 bridgehead atoms. The monoisotopic (exact) mass is 248 g/mol. The Kier molecular flexibility index (Phi) is 3.40. The van der Waals surface area contributed by atoms with Gasteiger partial charge in [-0.25, -0.2) is 0 Å². The lowest BCUT2D eigenvalue weighted by Crippen LogP contribution is -2.38. The van der Waals surface area contributed by atoms with Gasteiger partial charge in [-0.2, -0.15) is 4.98 Å². The van der Waals surface area contributed by atoms with E-state index in [1.54, 1.807) is 20.2 Å². The first-order chi connectivity index (χ1) is 8.53. The lowest BCUT2D eigenvalue weighted by Gasteiger charge is -2.18. The predicted molar refractivity (Wildman–Crippen MR) is 65.7 cm³/mol. The van der Waals surface area contributed by atoms with Gasteiger partial charge in [-0.1, -0.05) is 5.16 Å². The summed E-state index contributed by atoms with van der Waals surface area (Å²) in [7, 11) is 1.58. The van der Waals surface area contributed by atoms with Crippen molar-refractivity contribution in [3.05, 3.63) is 29.8 Å².